The van der Waals surface area contributed by atoms with Gasteiger partial charge in [-0.25, -0.2) is 4.98 Å². The van der Waals surface area contributed by atoms with E-state index in [1.807, 2.05) is 24.9 Å². The molecular weight excluding hydrogens is 434 g/mol. The molecule has 176 valence electrons. The largest absolute Gasteiger partial charge is 0.289 e. The molecule has 0 amide bonds. The van der Waals surface area contributed by atoms with Crippen molar-refractivity contribution in [2.75, 3.05) is 24.7 Å². The Bertz CT molecular complexity index is 1100. The number of hydrogen-bond acceptors (Lipinski definition) is 7. The summed E-state index contributed by atoms with van der Waals surface area (Å²) in [4.78, 5) is 26.7. The molecule has 9 heteroatoms. The standard InChI is InChI=1S/C24H33N7OS/c1-7-8-31-17(5)9-20(28-31)19-11-29(12-19)14-26-23-21(18(6)15(2)3)22(32)16(4)10-30(23)24-25-13-27-33-24/h9-10,13,15,19H,7-8,11-12,14H2,1-6H3/b21-18-,26-23+. The van der Waals surface area contributed by atoms with Crippen molar-refractivity contribution in [3.05, 3.63) is 46.7 Å². The van der Waals surface area contributed by atoms with Gasteiger partial charge < -0.3 is 0 Å². The number of aryl methyl sites for hydroxylation is 2. The van der Waals surface area contributed by atoms with E-state index in [9.17, 15) is 4.79 Å². The Morgan fingerprint density at radius 1 is 1.30 bits per heavy atom. The van der Waals surface area contributed by atoms with E-state index in [0.717, 1.165) is 31.6 Å². The molecule has 0 aliphatic carbocycles. The van der Waals surface area contributed by atoms with Crippen LogP contribution in [-0.2, 0) is 11.3 Å². The number of hydrogen-bond donors (Lipinski definition) is 0. The number of ketones is 1. The number of nitrogens with zero attached hydrogens (tertiary/aromatic N) is 7. The van der Waals surface area contributed by atoms with E-state index in [1.165, 1.54) is 29.2 Å². The van der Waals surface area contributed by atoms with Crippen molar-refractivity contribution in [2.45, 2.75) is 60.4 Å². The monoisotopic (exact) mass is 467 g/mol. The molecule has 1 saturated heterocycles. The number of carbonyl (C=O) groups is 1. The second-order valence-corrected chi connectivity index (χ2v) is 10.00. The normalized spacial score (nSPS) is 20.6. The summed E-state index contributed by atoms with van der Waals surface area (Å²) >= 11 is 1.30. The molecule has 2 aliphatic rings. The van der Waals surface area contributed by atoms with Gasteiger partial charge in [0, 0.05) is 54.6 Å². The number of aromatic nitrogens is 4. The van der Waals surface area contributed by atoms with Gasteiger partial charge in [-0.3, -0.25) is 24.3 Å². The predicted molar refractivity (Wildman–Crippen MR) is 133 cm³/mol. The first-order valence-electron chi connectivity index (χ1n) is 11.6. The van der Waals surface area contributed by atoms with Gasteiger partial charge in [-0.05, 0) is 39.2 Å². The maximum atomic E-state index is 13.2. The average molecular weight is 468 g/mol. The lowest BCUT2D eigenvalue weighted by Crippen LogP contribution is -2.46. The van der Waals surface area contributed by atoms with Crippen LogP contribution in [0.2, 0.25) is 0 Å². The van der Waals surface area contributed by atoms with Gasteiger partial charge in [0.05, 0.1) is 17.9 Å². The smallest absolute Gasteiger partial charge is 0.214 e. The summed E-state index contributed by atoms with van der Waals surface area (Å²) in [5, 5.41) is 5.51. The summed E-state index contributed by atoms with van der Waals surface area (Å²) in [5.74, 6) is 1.38. The molecule has 1 fully saturated rings. The molecule has 0 N–H and O–H groups in total. The van der Waals surface area contributed by atoms with Gasteiger partial charge >= 0.3 is 0 Å². The second kappa shape index (κ2) is 9.69. The maximum Gasteiger partial charge on any atom is 0.214 e. The highest BCUT2D eigenvalue weighted by Crippen LogP contribution is 2.31. The SMILES string of the molecule is CCCn1nc(C2CN(C/N=C3\C(=C(\C)C(C)C)C(=O)C(C)=CN3c3ncns3)C2)cc1C. The highest BCUT2D eigenvalue weighted by molar-refractivity contribution is 7.09. The quantitative estimate of drug-likeness (QED) is 0.569. The van der Waals surface area contributed by atoms with E-state index in [-0.39, 0.29) is 11.7 Å². The number of rotatable bonds is 7. The molecule has 0 aromatic carbocycles. The van der Waals surface area contributed by atoms with Crippen LogP contribution in [0.1, 0.15) is 58.3 Å². The molecule has 0 saturated carbocycles. The molecule has 8 nitrogen and oxygen atoms in total. The van der Waals surface area contributed by atoms with E-state index >= 15 is 0 Å². The second-order valence-electron chi connectivity index (χ2n) is 9.24. The molecule has 2 aromatic rings. The summed E-state index contributed by atoms with van der Waals surface area (Å²) < 4.78 is 6.26. The number of amidine groups is 1. The van der Waals surface area contributed by atoms with E-state index < -0.39 is 0 Å². The Labute approximate surface area is 199 Å². The third-order valence-corrected chi connectivity index (χ3v) is 7.07. The van der Waals surface area contributed by atoms with Crippen LogP contribution in [0.15, 0.2) is 40.3 Å². The molecule has 2 aliphatic heterocycles. The number of anilines is 1. The number of aliphatic imine (C=N–C) groups is 1. The lowest BCUT2D eigenvalue weighted by atomic mass is 9.90. The van der Waals surface area contributed by atoms with Crippen molar-refractivity contribution in [1.82, 2.24) is 24.0 Å². The lowest BCUT2D eigenvalue weighted by molar-refractivity contribution is -0.111. The number of carbonyl (C=O) groups excluding carboxylic acids is 1. The number of likely N-dealkylation sites (tertiary alicyclic amines) is 1. The van der Waals surface area contributed by atoms with Gasteiger partial charge in [0.15, 0.2) is 5.78 Å². The van der Waals surface area contributed by atoms with Crippen molar-refractivity contribution in [1.29, 1.82) is 0 Å². The first-order chi connectivity index (χ1) is 15.8. The average Bonchev–Trinajstić information content (AvgIpc) is 3.39. The predicted octanol–water partition coefficient (Wildman–Crippen LogP) is 4.17. The lowest BCUT2D eigenvalue weighted by Gasteiger charge is -2.37. The first-order valence-corrected chi connectivity index (χ1v) is 12.4. The van der Waals surface area contributed by atoms with Crippen molar-refractivity contribution in [2.24, 2.45) is 10.9 Å². The fourth-order valence-corrected chi connectivity index (χ4v) is 4.67. The van der Waals surface area contributed by atoms with Gasteiger partial charge in [0.25, 0.3) is 0 Å². The van der Waals surface area contributed by atoms with Gasteiger partial charge in [0.1, 0.15) is 12.2 Å². The van der Waals surface area contributed by atoms with E-state index in [0.29, 0.717) is 34.7 Å². The Kier molecular flexibility index (Phi) is 6.90. The summed E-state index contributed by atoms with van der Waals surface area (Å²) in [5.41, 5.74) is 4.80. The van der Waals surface area contributed by atoms with Crippen LogP contribution in [0.25, 0.3) is 0 Å². The highest BCUT2D eigenvalue weighted by atomic mass is 32.1. The minimum Gasteiger partial charge on any atom is -0.289 e. The van der Waals surface area contributed by atoms with Crippen molar-refractivity contribution >= 4 is 28.3 Å². The van der Waals surface area contributed by atoms with Crippen LogP contribution < -0.4 is 4.90 Å². The molecule has 0 bridgehead atoms. The van der Waals surface area contributed by atoms with Crippen LogP contribution in [-0.4, -0.2) is 55.4 Å². The van der Waals surface area contributed by atoms with E-state index in [2.05, 4.69) is 52.7 Å². The Morgan fingerprint density at radius 3 is 2.70 bits per heavy atom. The molecule has 0 spiro atoms. The number of Topliss-reactive ketones (excluding diaryl/α,β-unsaturated/α-hetero) is 1. The Morgan fingerprint density at radius 2 is 2.06 bits per heavy atom. The molecule has 2 aromatic heterocycles. The van der Waals surface area contributed by atoms with Gasteiger partial charge in [0.2, 0.25) is 5.13 Å². The van der Waals surface area contributed by atoms with Gasteiger partial charge in [-0.2, -0.15) is 9.47 Å². The molecule has 0 atom stereocenters. The zero-order valence-corrected chi connectivity index (χ0v) is 21.2. The summed E-state index contributed by atoms with van der Waals surface area (Å²) in [6.45, 7) is 15.7. The van der Waals surface area contributed by atoms with Crippen molar-refractivity contribution in [3.63, 3.8) is 0 Å². The fourth-order valence-electron chi connectivity index (χ4n) is 4.16. The third-order valence-electron chi connectivity index (χ3n) is 6.41. The van der Waals surface area contributed by atoms with E-state index in [1.54, 1.807) is 0 Å². The molecule has 0 unspecified atom stereocenters. The summed E-state index contributed by atoms with van der Waals surface area (Å²) in [6, 6.07) is 2.21. The van der Waals surface area contributed by atoms with Crippen LogP contribution >= 0.6 is 11.5 Å². The van der Waals surface area contributed by atoms with Gasteiger partial charge in [-0.15, -0.1) is 0 Å². The maximum absolute atomic E-state index is 13.2. The fraction of sp³-hybridized carbons (Fsp3) is 0.542. The highest BCUT2D eigenvalue weighted by Gasteiger charge is 2.34. The van der Waals surface area contributed by atoms with Crippen molar-refractivity contribution in [3.8, 4) is 0 Å². The minimum absolute atomic E-state index is 0.0409. The first kappa shape index (κ1) is 23.5. The van der Waals surface area contributed by atoms with Gasteiger partial charge in [-0.1, -0.05) is 26.3 Å². The molecule has 0 radical (unpaired) electrons. The van der Waals surface area contributed by atoms with E-state index in [4.69, 9.17) is 10.1 Å². The van der Waals surface area contributed by atoms with Crippen LogP contribution in [0.5, 0.6) is 0 Å². The Hall–Kier alpha value is -2.65. The van der Waals surface area contributed by atoms with Crippen LogP contribution in [0, 0.1) is 12.8 Å². The third kappa shape index (κ3) is 4.70. The van der Waals surface area contributed by atoms with Crippen LogP contribution in [0.3, 0.4) is 0 Å². The van der Waals surface area contributed by atoms with Crippen molar-refractivity contribution < 1.29 is 4.79 Å². The summed E-state index contributed by atoms with van der Waals surface area (Å²) in [7, 11) is 0. The molecule has 4 rings (SSSR count). The topological polar surface area (TPSA) is 79.5 Å². The molecular formula is C24H33N7OS. The Balaban J connectivity index is 1.56. The number of allylic oxidation sites excluding steroid dienone is 2. The summed E-state index contributed by atoms with van der Waals surface area (Å²) in [6.07, 6.45) is 4.45. The molecule has 33 heavy (non-hydrogen) atoms. The zero-order chi connectivity index (χ0) is 23.7. The minimum atomic E-state index is 0.0409. The zero-order valence-electron chi connectivity index (χ0n) is 20.4. The molecule has 4 heterocycles. The van der Waals surface area contributed by atoms with Crippen LogP contribution in [0.4, 0.5) is 5.13 Å².